The summed E-state index contributed by atoms with van der Waals surface area (Å²) in [5, 5.41) is 3.78. The van der Waals surface area contributed by atoms with Crippen molar-refractivity contribution in [2.45, 2.75) is 5.16 Å². The lowest BCUT2D eigenvalue weighted by molar-refractivity contribution is 0.521. The van der Waals surface area contributed by atoms with Crippen molar-refractivity contribution >= 4 is 39.2 Å². The molecule has 0 saturated heterocycles. The van der Waals surface area contributed by atoms with E-state index in [2.05, 4.69) is 15.3 Å². The monoisotopic (exact) mass is 310 g/mol. The minimum Gasteiger partial charge on any atom is -0.369 e. The van der Waals surface area contributed by atoms with Crippen molar-refractivity contribution in [3.8, 4) is 0 Å². The lowest BCUT2D eigenvalue weighted by Crippen LogP contribution is -2.28. The van der Waals surface area contributed by atoms with E-state index in [9.17, 15) is 8.42 Å². The molecule has 0 aliphatic rings. The van der Waals surface area contributed by atoms with Gasteiger partial charge in [0.1, 0.15) is 11.0 Å². The molecule has 0 fully saturated rings. The highest BCUT2D eigenvalue weighted by atomic mass is 35.5. The summed E-state index contributed by atoms with van der Waals surface area (Å²) in [6.45, 7) is 0.266. The molecular formula is C9H15ClN4O2S2. The van der Waals surface area contributed by atoms with E-state index >= 15 is 0 Å². The van der Waals surface area contributed by atoms with Gasteiger partial charge in [-0.15, -0.1) is 0 Å². The first kappa shape index (κ1) is 15.5. The van der Waals surface area contributed by atoms with Gasteiger partial charge in [-0.05, 0) is 6.26 Å². The maximum atomic E-state index is 11.5. The molecule has 0 aromatic carbocycles. The molecule has 9 heteroatoms. The molecule has 1 N–H and O–H groups in total. The second-order valence-electron chi connectivity index (χ2n) is 3.59. The zero-order valence-corrected chi connectivity index (χ0v) is 12.7. The first-order chi connectivity index (χ1) is 8.35. The molecule has 0 saturated carbocycles. The summed E-state index contributed by atoms with van der Waals surface area (Å²) in [6.07, 6.45) is 1.84. The predicted molar refractivity (Wildman–Crippen MR) is 74.8 cm³/mol. The van der Waals surface area contributed by atoms with Crippen LogP contribution >= 0.6 is 23.4 Å². The fourth-order valence-electron chi connectivity index (χ4n) is 1.07. The first-order valence-electron chi connectivity index (χ1n) is 5.08. The molecule has 1 aromatic heterocycles. The van der Waals surface area contributed by atoms with Crippen LogP contribution in [0.1, 0.15) is 0 Å². The number of thioether (sulfide) groups is 1. The first-order valence-corrected chi connectivity index (χ1v) is 8.29. The normalized spacial score (nSPS) is 11.8. The maximum Gasteiger partial charge on any atom is 0.215 e. The molecule has 0 atom stereocenters. The molecular weight excluding hydrogens is 296 g/mol. The number of hydrogen-bond acceptors (Lipinski definition) is 6. The van der Waals surface area contributed by atoms with Gasteiger partial charge in [0.2, 0.25) is 10.0 Å². The van der Waals surface area contributed by atoms with Gasteiger partial charge in [0.25, 0.3) is 0 Å². The Hall–Kier alpha value is -0.570. The van der Waals surface area contributed by atoms with Gasteiger partial charge >= 0.3 is 0 Å². The maximum absolute atomic E-state index is 11.5. The van der Waals surface area contributed by atoms with Gasteiger partial charge in [-0.1, -0.05) is 23.4 Å². The number of nitrogens with zero attached hydrogens (tertiary/aromatic N) is 3. The largest absolute Gasteiger partial charge is 0.369 e. The van der Waals surface area contributed by atoms with E-state index in [0.29, 0.717) is 16.1 Å². The molecule has 1 heterocycles. The second kappa shape index (κ2) is 6.55. The van der Waals surface area contributed by atoms with Gasteiger partial charge in [-0.25, -0.2) is 22.7 Å². The molecule has 0 radical (unpaired) electrons. The van der Waals surface area contributed by atoms with Crippen LogP contribution in [-0.2, 0) is 10.0 Å². The van der Waals surface area contributed by atoms with Crippen LogP contribution in [0.2, 0.25) is 5.15 Å². The van der Waals surface area contributed by atoms with Crippen LogP contribution in [0.5, 0.6) is 0 Å². The van der Waals surface area contributed by atoms with E-state index in [1.165, 1.54) is 30.2 Å². The molecule has 0 bridgehead atoms. The molecule has 0 amide bonds. The van der Waals surface area contributed by atoms with Crippen molar-refractivity contribution in [2.24, 2.45) is 0 Å². The van der Waals surface area contributed by atoms with Crippen molar-refractivity contribution in [3.05, 3.63) is 11.2 Å². The lowest BCUT2D eigenvalue weighted by Gasteiger charge is -2.12. The SMILES string of the molecule is CSc1nc(Cl)cc(NCCS(=O)(=O)N(C)C)n1. The fourth-order valence-corrected chi connectivity index (χ4v) is 2.41. The number of rotatable bonds is 6. The zero-order chi connectivity index (χ0) is 13.8. The van der Waals surface area contributed by atoms with Gasteiger partial charge in [0.05, 0.1) is 5.75 Å². The van der Waals surface area contributed by atoms with E-state index in [1.807, 2.05) is 6.26 Å². The van der Waals surface area contributed by atoms with Gasteiger partial charge in [-0.3, -0.25) is 0 Å². The van der Waals surface area contributed by atoms with Crippen molar-refractivity contribution in [3.63, 3.8) is 0 Å². The van der Waals surface area contributed by atoms with E-state index in [4.69, 9.17) is 11.6 Å². The minimum absolute atomic E-state index is 0.00375. The average molecular weight is 311 g/mol. The summed E-state index contributed by atoms with van der Waals surface area (Å²) in [4.78, 5) is 8.15. The Morgan fingerprint density at radius 1 is 1.44 bits per heavy atom. The molecule has 0 aliphatic carbocycles. The molecule has 102 valence electrons. The number of sulfonamides is 1. The Kier molecular flexibility index (Phi) is 5.64. The van der Waals surface area contributed by atoms with Crippen LogP contribution in [0, 0.1) is 0 Å². The Labute approximate surface area is 116 Å². The van der Waals surface area contributed by atoms with E-state index < -0.39 is 10.0 Å². The van der Waals surface area contributed by atoms with E-state index in [0.717, 1.165) is 0 Å². The topological polar surface area (TPSA) is 75.2 Å². The summed E-state index contributed by atoms with van der Waals surface area (Å²) in [5.74, 6) is 0.518. The van der Waals surface area contributed by atoms with Crippen LogP contribution in [0.3, 0.4) is 0 Å². The van der Waals surface area contributed by atoms with Crippen LogP contribution in [0.25, 0.3) is 0 Å². The van der Waals surface area contributed by atoms with Crippen LogP contribution in [0.15, 0.2) is 11.2 Å². The number of aromatic nitrogens is 2. The van der Waals surface area contributed by atoms with Crippen molar-refractivity contribution in [2.75, 3.05) is 38.0 Å². The summed E-state index contributed by atoms with van der Waals surface area (Å²) >= 11 is 7.19. The predicted octanol–water partition coefficient (Wildman–Crippen LogP) is 1.16. The Balaban J connectivity index is 2.62. The van der Waals surface area contributed by atoms with Crippen LogP contribution in [0.4, 0.5) is 5.82 Å². The minimum atomic E-state index is -3.20. The quantitative estimate of drug-likeness (QED) is 0.483. The van der Waals surface area contributed by atoms with Gasteiger partial charge < -0.3 is 5.32 Å². The van der Waals surface area contributed by atoms with E-state index in [-0.39, 0.29) is 12.3 Å². The number of hydrogen-bond donors (Lipinski definition) is 1. The third-order valence-corrected chi connectivity index (χ3v) is 4.65. The van der Waals surface area contributed by atoms with E-state index in [1.54, 1.807) is 6.07 Å². The number of nitrogens with one attached hydrogen (secondary N) is 1. The third kappa shape index (κ3) is 4.60. The second-order valence-corrected chi connectivity index (χ2v) is 7.05. The molecule has 1 rings (SSSR count). The number of anilines is 1. The Bertz CT molecular complexity index is 507. The average Bonchev–Trinajstić information content (AvgIpc) is 2.27. The van der Waals surface area contributed by atoms with Crippen LogP contribution in [-0.4, -0.2) is 55.3 Å². The van der Waals surface area contributed by atoms with Gasteiger partial charge in [0.15, 0.2) is 5.16 Å². The molecule has 1 aromatic rings. The van der Waals surface area contributed by atoms with Crippen molar-refractivity contribution < 1.29 is 8.42 Å². The van der Waals surface area contributed by atoms with Crippen molar-refractivity contribution in [1.29, 1.82) is 0 Å². The Morgan fingerprint density at radius 2 is 2.11 bits per heavy atom. The molecule has 0 unspecified atom stereocenters. The highest BCUT2D eigenvalue weighted by Crippen LogP contribution is 2.16. The smallest absolute Gasteiger partial charge is 0.215 e. The summed E-state index contributed by atoms with van der Waals surface area (Å²) in [5.41, 5.74) is 0. The fraction of sp³-hybridized carbons (Fsp3) is 0.556. The molecule has 6 nitrogen and oxygen atoms in total. The molecule has 18 heavy (non-hydrogen) atoms. The van der Waals surface area contributed by atoms with Crippen molar-refractivity contribution in [1.82, 2.24) is 14.3 Å². The summed E-state index contributed by atoms with van der Waals surface area (Å²) in [6, 6.07) is 1.56. The summed E-state index contributed by atoms with van der Waals surface area (Å²) in [7, 11) is -0.200. The molecule has 0 aliphatic heterocycles. The number of halogens is 1. The zero-order valence-electron chi connectivity index (χ0n) is 10.3. The highest BCUT2D eigenvalue weighted by Gasteiger charge is 2.13. The van der Waals surface area contributed by atoms with Gasteiger partial charge in [0, 0.05) is 26.7 Å². The summed E-state index contributed by atoms with van der Waals surface area (Å²) < 4.78 is 24.3. The standard InChI is InChI=1S/C9H15ClN4O2S2/c1-14(2)18(15,16)5-4-11-8-6-7(10)12-9(13-8)17-3/h6H,4-5H2,1-3H3,(H,11,12,13). The Morgan fingerprint density at radius 3 is 2.67 bits per heavy atom. The highest BCUT2D eigenvalue weighted by molar-refractivity contribution is 7.98. The third-order valence-electron chi connectivity index (χ3n) is 2.08. The lowest BCUT2D eigenvalue weighted by atomic mass is 10.5. The van der Waals surface area contributed by atoms with Gasteiger partial charge in [-0.2, -0.15) is 0 Å². The molecule has 0 spiro atoms. The van der Waals surface area contributed by atoms with Crippen LogP contribution < -0.4 is 5.32 Å².